The molecule has 0 aliphatic carbocycles. The van der Waals surface area contributed by atoms with E-state index in [1.165, 1.54) is 5.56 Å². The zero-order chi connectivity index (χ0) is 10.1. The van der Waals surface area contributed by atoms with Crippen LogP contribution in [0.2, 0.25) is 0 Å². The Kier molecular flexibility index (Phi) is 3.05. The van der Waals surface area contributed by atoms with E-state index in [2.05, 4.69) is 20.8 Å². The molecule has 0 aliphatic heterocycles. The molecule has 1 N–H and O–H groups in total. The molecule has 2 nitrogen and oxygen atoms in total. The molecule has 1 atom stereocenters. The number of hydrogen-bond acceptors (Lipinski definition) is 1. The molecule has 3 heteroatoms. The zero-order valence-electron chi connectivity index (χ0n) is 8.16. The third-order valence-corrected chi connectivity index (χ3v) is 3.73. The van der Waals surface area contributed by atoms with Crippen molar-refractivity contribution in [1.82, 2.24) is 0 Å². The van der Waals surface area contributed by atoms with Gasteiger partial charge in [0, 0.05) is 0 Å². The maximum absolute atomic E-state index is 10.8. The first-order valence-corrected chi connectivity index (χ1v) is 7.09. The van der Waals surface area contributed by atoms with E-state index in [4.69, 9.17) is 4.10 Å². The summed E-state index contributed by atoms with van der Waals surface area (Å²) in [5, 5.41) is 0. The van der Waals surface area contributed by atoms with Gasteiger partial charge in [-0.3, -0.25) is 0 Å². The van der Waals surface area contributed by atoms with Gasteiger partial charge in [0.15, 0.2) is 0 Å². The van der Waals surface area contributed by atoms with Crippen molar-refractivity contribution in [2.45, 2.75) is 26.2 Å². The van der Waals surface area contributed by atoms with Gasteiger partial charge >= 0.3 is 83.1 Å². The Balaban J connectivity index is 3.01. The monoisotopic (exact) mass is 242 g/mol. The van der Waals surface area contributed by atoms with Crippen molar-refractivity contribution in [1.29, 1.82) is 0 Å². The van der Waals surface area contributed by atoms with Gasteiger partial charge in [0.25, 0.3) is 0 Å². The minimum atomic E-state index is -3.10. The molecule has 1 unspecified atom stereocenters. The van der Waals surface area contributed by atoms with Gasteiger partial charge in [-0.05, 0) is 0 Å². The quantitative estimate of drug-likeness (QED) is 0.741. The van der Waals surface area contributed by atoms with Gasteiger partial charge in [-0.15, -0.1) is 0 Å². The van der Waals surface area contributed by atoms with E-state index in [0.29, 0.717) is 4.35 Å². The summed E-state index contributed by atoms with van der Waals surface area (Å²) in [6.07, 6.45) is 0. The summed E-state index contributed by atoms with van der Waals surface area (Å²) < 4.78 is 20.3. The summed E-state index contributed by atoms with van der Waals surface area (Å²) in [4.78, 5) is 0. The van der Waals surface area contributed by atoms with Crippen LogP contribution in [0.5, 0.6) is 0 Å². The van der Waals surface area contributed by atoms with E-state index in [-0.39, 0.29) is 5.41 Å². The van der Waals surface area contributed by atoms with Crippen molar-refractivity contribution in [2.75, 3.05) is 0 Å². The van der Waals surface area contributed by atoms with Crippen LogP contribution < -0.4 is 4.35 Å². The normalized spacial score (nSPS) is 14.2. The summed E-state index contributed by atoms with van der Waals surface area (Å²) in [6.45, 7) is 6.36. The van der Waals surface area contributed by atoms with Crippen molar-refractivity contribution in [3.63, 3.8) is 0 Å². The number of benzene rings is 1. The fourth-order valence-electron chi connectivity index (χ4n) is 1.11. The summed E-state index contributed by atoms with van der Waals surface area (Å²) in [7, 11) is 0. The van der Waals surface area contributed by atoms with Crippen molar-refractivity contribution in [3.05, 3.63) is 29.8 Å². The molecule has 0 spiro atoms. The second-order valence-corrected chi connectivity index (χ2v) is 6.62. The van der Waals surface area contributed by atoms with E-state index in [9.17, 15) is 3.74 Å². The Bertz CT molecular complexity index is 309. The molecular formula is C10H15AsO2. The first-order chi connectivity index (χ1) is 5.91. The Hall–Kier alpha value is -0.462. The van der Waals surface area contributed by atoms with E-state index < -0.39 is 14.9 Å². The van der Waals surface area contributed by atoms with E-state index in [0.717, 1.165) is 0 Å². The first kappa shape index (κ1) is 10.6. The molecule has 0 saturated heterocycles. The maximum atomic E-state index is 10.8. The average Bonchev–Trinajstić information content (AvgIpc) is 2.03. The van der Waals surface area contributed by atoms with E-state index >= 15 is 0 Å². The Morgan fingerprint density at radius 1 is 1.15 bits per heavy atom. The predicted molar refractivity (Wildman–Crippen MR) is 54.8 cm³/mol. The van der Waals surface area contributed by atoms with Crippen molar-refractivity contribution < 1.29 is 7.84 Å². The molecule has 0 saturated carbocycles. The van der Waals surface area contributed by atoms with Crippen LogP contribution in [0.15, 0.2) is 24.3 Å². The fraction of sp³-hybridized carbons (Fsp3) is 0.400. The second kappa shape index (κ2) is 3.73. The Morgan fingerprint density at radius 2 is 1.62 bits per heavy atom. The van der Waals surface area contributed by atoms with Crippen molar-refractivity contribution in [3.8, 4) is 0 Å². The summed E-state index contributed by atoms with van der Waals surface area (Å²) >= 11 is -3.10. The van der Waals surface area contributed by atoms with Crippen LogP contribution in [0.3, 0.4) is 0 Å². The molecule has 0 amide bonds. The van der Waals surface area contributed by atoms with Crippen molar-refractivity contribution in [2.24, 2.45) is 0 Å². The SMILES string of the molecule is CC(C)(C)c1ccc([AsH](=O)O)cc1. The number of rotatable bonds is 1. The van der Waals surface area contributed by atoms with Gasteiger partial charge in [0.2, 0.25) is 0 Å². The molecule has 0 bridgehead atoms. The van der Waals surface area contributed by atoms with Crippen LogP contribution in [0, 0.1) is 0 Å². The van der Waals surface area contributed by atoms with Crippen LogP contribution in [0.25, 0.3) is 0 Å². The third kappa shape index (κ3) is 2.75. The standard InChI is InChI=1S/C10H15AsO2/c1-10(2,3)8-4-6-9(7-5-8)11(12)13/h4-7,11H,1-3H3,(H,12,13). The molecule has 0 radical (unpaired) electrons. The van der Waals surface area contributed by atoms with Gasteiger partial charge < -0.3 is 0 Å². The molecule has 13 heavy (non-hydrogen) atoms. The Morgan fingerprint density at radius 3 is 1.92 bits per heavy atom. The fourth-order valence-corrected chi connectivity index (χ4v) is 2.06. The van der Waals surface area contributed by atoms with Crippen LogP contribution in [-0.2, 0) is 9.15 Å². The molecule has 1 rings (SSSR count). The molecule has 0 aliphatic rings. The average molecular weight is 242 g/mol. The second-order valence-electron chi connectivity index (χ2n) is 4.13. The molecule has 0 aromatic heterocycles. The van der Waals surface area contributed by atoms with Gasteiger partial charge in [-0.1, -0.05) is 0 Å². The molecule has 72 valence electrons. The topological polar surface area (TPSA) is 37.3 Å². The van der Waals surface area contributed by atoms with Gasteiger partial charge in [-0.25, -0.2) is 0 Å². The molecule has 1 aromatic carbocycles. The van der Waals surface area contributed by atoms with E-state index in [1.54, 1.807) is 12.1 Å². The Labute approximate surface area is 83.4 Å². The van der Waals surface area contributed by atoms with Crippen LogP contribution in [0.1, 0.15) is 26.3 Å². The molecule has 0 fully saturated rings. The molecule has 1 aromatic rings. The van der Waals surface area contributed by atoms with Crippen LogP contribution >= 0.6 is 0 Å². The summed E-state index contributed by atoms with van der Waals surface area (Å²) in [5.74, 6) is 0. The van der Waals surface area contributed by atoms with Crippen LogP contribution in [0.4, 0.5) is 0 Å². The zero-order valence-corrected chi connectivity index (χ0v) is 10.3. The summed E-state index contributed by atoms with van der Waals surface area (Å²) in [6, 6.07) is 7.36. The predicted octanol–water partition coefficient (Wildman–Crippen LogP) is 0.834. The van der Waals surface area contributed by atoms with Gasteiger partial charge in [-0.2, -0.15) is 0 Å². The van der Waals surface area contributed by atoms with E-state index in [1.807, 2.05) is 12.1 Å². The molecular weight excluding hydrogens is 227 g/mol. The van der Waals surface area contributed by atoms with Gasteiger partial charge in [0.1, 0.15) is 0 Å². The van der Waals surface area contributed by atoms with Gasteiger partial charge in [0.05, 0.1) is 0 Å². The van der Waals surface area contributed by atoms with Crippen LogP contribution in [-0.4, -0.2) is 19.0 Å². The first-order valence-electron chi connectivity index (χ1n) is 4.25. The van der Waals surface area contributed by atoms with Crippen molar-refractivity contribution >= 4 is 19.3 Å². The summed E-state index contributed by atoms with van der Waals surface area (Å²) in [5.41, 5.74) is 1.30. The molecule has 0 heterocycles. The minimum absolute atomic E-state index is 0.108. The number of hydrogen-bond donors (Lipinski definition) is 1. The third-order valence-electron chi connectivity index (χ3n) is 2.00.